The molecule has 0 saturated heterocycles. The molecule has 13 heavy (non-hydrogen) atoms. The van der Waals surface area contributed by atoms with E-state index >= 15 is 0 Å². The van der Waals surface area contributed by atoms with Gasteiger partial charge in [-0.25, -0.2) is 8.42 Å². The van der Waals surface area contributed by atoms with E-state index in [2.05, 4.69) is 0 Å². The third-order valence-corrected chi connectivity index (χ3v) is 3.30. The van der Waals surface area contributed by atoms with E-state index in [0.717, 1.165) is 0 Å². The van der Waals surface area contributed by atoms with Crippen molar-refractivity contribution in [3.8, 4) is 0 Å². The average Bonchev–Trinajstić information content (AvgIpc) is 2.16. The second kappa shape index (κ2) is 4.34. The molecule has 0 bridgehead atoms. The summed E-state index contributed by atoms with van der Waals surface area (Å²) in [5.41, 5.74) is 1.31. The van der Waals surface area contributed by atoms with Gasteiger partial charge in [0.2, 0.25) is 0 Å². The minimum atomic E-state index is -3.32. The van der Waals surface area contributed by atoms with Crippen LogP contribution in [0.3, 0.4) is 0 Å². The maximum atomic E-state index is 11.5. The molecule has 72 valence electrons. The Morgan fingerprint density at radius 2 is 1.85 bits per heavy atom. The minimum absolute atomic E-state index is 0.183. The van der Waals surface area contributed by atoms with Gasteiger partial charge >= 0.3 is 0 Å². The first-order chi connectivity index (χ1) is 6.17. The molecule has 1 N–H and O–H groups in total. The van der Waals surface area contributed by atoms with Gasteiger partial charge in [0.15, 0.2) is 9.84 Å². The number of hydrogen-bond acceptors (Lipinski definition) is 3. The summed E-state index contributed by atoms with van der Waals surface area (Å²) in [6.07, 6.45) is 0. The van der Waals surface area contributed by atoms with E-state index in [-0.39, 0.29) is 17.2 Å². The topological polar surface area (TPSA) is 46.2 Å². The Labute approximate surface area is 76.4 Å². The van der Waals surface area contributed by atoms with Crippen LogP contribution in [-0.2, 0) is 9.84 Å². The fraction of sp³-hybridized carbons (Fsp3) is 0.250. The highest BCUT2D eigenvalue weighted by molar-refractivity contribution is 7.91. The molecule has 0 unspecified atom stereocenters. The Balaban J connectivity index is 2.83. The molecule has 0 aliphatic rings. The van der Waals surface area contributed by atoms with Crippen LogP contribution in [0.15, 0.2) is 35.2 Å². The number of rotatable bonds is 4. The van der Waals surface area contributed by atoms with Gasteiger partial charge in [0.1, 0.15) is 0 Å². The van der Waals surface area contributed by atoms with Gasteiger partial charge in [0, 0.05) is 6.54 Å². The summed E-state index contributed by atoms with van der Waals surface area (Å²) in [6.45, 7) is -0.183. The predicted octanol–water partition coefficient (Wildman–Crippen LogP) is 0.934. The monoisotopic (exact) mass is 203 g/mol. The van der Waals surface area contributed by atoms with E-state index in [4.69, 9.17) is 0 Å². The highest BCUT2D eigenvalue weighted by atomic mass is 32.2. The predicted molar refractivity (Wildman–Crippen MR) is 47.6 cm³/mol. The standard InChI is InChI=1S/C8H10FNO2S/c9-10-6-7-13(11,12)8-4-2-1-3-5-8/h1-5,10H,6-7H2. The van der Waals surface area contributed by atoms with Gasteiger partial charge in [-0.2, -0.15) is 5.54 Å². The third kappa shape index (κ3) is 2.78. The normalized spacial score (nSPS) is 11.5. The second-order valence-electron chi connectivity index (χ2n) is 2.52. The minimum Gasteiger partial charge on any atom is -0.224 e. The van der Waals surface area contributed by atoms with Crippen LogP contribution in [0.5, 0.6) is 0 Å². The van der Waals surface area contributed by atoms with Gasteiger partial charge in [0.25, 0.3) is 0 Å². The molecule has 5 heteroatoms. The van der Waals surface area contributed by atoms with E-state index in [9.17, 15) is 12.9 Å². The molecule has 1 rings (SSSR count). The molecule has 0 aliphatic heterocycles. The zero-order chi connectivity index (χ0) is 9.73. The zero-order valence-corrected chi connectivity index (χ0v) is 7.72. The zero-order valence-electron chi connectivity index (χ0n) is 6.90. The first-order valence-corrected chi connectivity index (χ1v) is 5.43. The summed E-state index contributed by atoms with van der Waals surface area (Å²) in [5, 5.41) is 0. The maximum absolute atomic E-state index is 11.5. The molecule has 0 aromatic heterocycles. The van der Waals surface area contributed by atoms with Crippen molar-refractivity contribution in [1.82, 2.24) is 5.54 Å². The Bertz CT molecular complexity index is 350. The number of nitrogens with one attached hydrogen (secondary N) is 1. The average molecular weight is 203 g/mol. The lowest BCUT2D eigenvalue weighted by molar-refractivity contribution is 0.347. The van der Waals surface area contributed by atoms with E-state index in [0.29, 0.717) is 0 Å². The summed E-state index contributed by atoms with van der Waals surface area (Å²) < 4.78 is 34.3. The lowest BCUT2D eigenvalue weighted by Crippen LogP contribution is -2.16. The van der Waals surface area contributed by atoms with Crippen molar-refractivity contribution in [2.45, 2.75) is 4.90 Å². The van der Waals surface area contributed by atoms with Crippen LogP contribution >= 0.6 is 0 Å². The summed E-state index contributed by atoms with van der Waals surface area (Å²) in [5.74, 6) is -0.229. The molecule has 0 saturated carbocycles. The lowest BCUT2D eigenvalue weighted by Gasteiger charge is -2.01. The van der Waals surface area contributed by atoms with Gasteiger partial charge in [-0.15, -0.1) is 4.48 Å². The summed E-state index contributed by atoms with van der Waals surface area (Å²) in [4.78, 5) is 0.227. The van der Waals surface area contributed by atoms with Crippen LogP contribution in [0.4, 0.5) is 4.48 Å². The van der Waals surface area contributed by atoms with Crippen molar-refractivity contribution in [3.05, 3.63) is 30.3 Å². The molecule has 3 nitrogen and oxygen atoms in total. The van der Waals surface area contributed by atoms with Crippen molar-refractivity contribution in [2.24, 2.45) is 0 Å². The van der Waals surface area contributed by atoms with Crippen LogP contribution in [0, 0.1) is 0 Å². The molecular weight excluding hydrogens is 193 g/mol. The molecule has 1 aromatic carbocycles. The largest absolute Gasteiger partial charge is 0.224 e. The number of halogens is 1. The van der Waals surface area contributed by atoms with Gasteiger partial charge < -0.3 is 0 Å². The first kappa shape index (κ1) is 10.1. The number of benzene rings is 1. The number of hydrogen-bond donors (Lipinski definition) is 1. The van der Waals surface area contributed by atoms with Gasteiger partial charge in [-0.1, -0.05) is 18.2 Å². The Hall–Kier alpha value is -0.940. The van der Waals surface area contributed by atoms with Crippen molar-refractivity contribution >= 4 is 9.84 Å². The van der Waals surface area contributed by atoms with Crippen LogP contribution in [0.25, 0.3) is 0 Å². The lowest BCUT2D eigenvalue weighted by atomic mass is 10.4. The molecule has 0 amide bonds. The quantitative estimate of drug-likeness (QED) is 0.740. The molecule has 0 heterocycles. The van der Waals surface area contributed by atoms with Gasteiger partial charge in [0.05, 0.1) is 10.6 Å². The van der Waals surface area contributed by atoms with Crippen molar-refractivity contribution in [2.75, 3.05) is 12.3 Å². The smallest absolute Gasteiger partial charge is 0.179 e. The molecule has 1 aromatic rings. The van der Waals surface area contributed by atoms with E-state index in [1.54, 1.807) is 18.2 Å². The molecule has 0 radical (unpaired) electrons. The van der Waals surface area contributed by atoms with Crippen molar-refractivity contribution < 1.29 is 12.9 Å². The van der Waals surface area contributed by atoms with Crippen molar-refractivity contribution in [3.63, 3.8) is 0 Å². The SMILES string of the molecule is O=S(=O)(CCNF)c1ccccc1. The summed E-state index contributed by atoms with van der Waals surface area (Å²) >= 11 is 0. The molecule has 0 atom stereocenters. The van der Waals surface area contributed by atoms with Crippen molar-refractivity contribution in [1.29, 1.82) is 0 Å². The summed E-state index contributed by atoms with van der Waals surface area (Å²) in [7, 11) is -3.32. The number of sulfone groups is 1. The second-order valence-corrected chi connectivity index (χ2v) is 4.62. The van der Waals surface area contributed by atoms with Crippen LogP contribution in [0.1, 0.15) is 0 Å². The third-order valence-electron chi connectivity index (χ3n) is 1.57. The van der Waals surface area contributed by atoms with Crippen LogP contribution in [0.2, 0.25) is 0 Å². The first-order valence-electron chi connectivity index (χ1n) is 3.78. The Morgan fingerprint density at radius 1 is 1.23 bits per heavy atom. The van der Waals surface area contributed by atoms with E-state index in [1.165, 1.54) is 17.7 Å². The molecular formula is C8H10FNO2S. The molecule has 0 spiro atoms. The van der Waals surface area contributed by atoms with Gasteiger partial charge in [-0.05, 0) is 12.1 Å². The molecule has 0 aliphatic carbocycles. The Kier molecular flexibility index (Phi) is 3.39. The van der Waals surface area contributed by atoms with Crippen LogP contribution < -0.4 is 5.54 Å². The van der Waals surface area contributed by atoms with Crippen LogP contribution in [-0.4, -0.2) is 20.7 Å². The Morgan fingerprint density at radius 3 is 2.38 bits per heavy atom. The molecule has 0 fully saturated rings. The van der Waals surface area contributed by atoms with E-state index < -0.39 is 9.84 Å². The fourth-order valence-electron chi connectivity index (χ4n) is 0.919. The highest BCUT2D eigenvalue weighted by Crippen LogP contribution is 2.08. The highest BCUT2D eigenvalue weighted by Gasteiger charge is 2.12. The van der Waals surface area contributed by atoms with E-state index in [1.807, 2.05) is 0 Å². The summed E-state index contributed by atoms with van der Waals surface area (Å²) in [6, 6.07) is 7.99. The fourth-order valence-corrected chi connectivity index (χ4v) is 2.07. The maximum Gasteiger partial charge on any atom is 0.179 e. The van der Waals surface area contributed by atoms with Gasteiger partial charge in [-0.3, -0.25) is 0 Å².